The van der Waals surface area contributed by atoms with Crippen LogP contribution in [-0.2, 0) is 21.5 Å². The lowest BCUT2D eigenvalue weighted by atomic mass is 9.89. The summed E-state index contributed by atoms with van der Waals surface area (Å²) in [5.74, 6) is 0. The lowest BCUT2D eigenvalue weighted by Gasteiger charge is -2.26. The molecule has 0 aliphatic rings. The second-order valence-corrected chi connectivity index (χ2v) is 9.75. The highest BCUT2D eigenvalue weighted by atomic mass is 35.5. The maximum Gasteiger partial charge on any atom is 0.146 e. The molecule has 1 aromatic heterocycles. The maximum absolute atomic E-state index is 11.0. The molecule has 0 aliphatic carbocycles. The molecule has 6 heteroatoms. The fourth-order valence-corrected chi connectivity index (χ4v) is 4.54. The van der Waals surface area contributed by atoms with Crippen molar-refractivity contribution in [1.29, 1.82) is 0 Å². The van der Waals surface area contributed by atoms with Crippen LogP contribution >= 0.6 is 11.6 Å². The van der Waals surface area contributed by atoms with Gasteiger partial charge in [-0.05, 0) is 72.4 Å². The smallest absolute Gasteiger partial charge is 0.146 e. The number of methoxy groups -OCH3 is 1. The predicted molar refractivity (Wildman–Crippen MR) is 149 cm³/mol. The molecule has 2 atom stereocenters. The van der Waals surface area contributed by atoms with Crippen LogP contribution in [0, 0.1) is 0 Å². The van der Waals surface area contributed by atoms with E-state index in [9.17, 15) is 10.2 Å². The molecule has 0 aliphatic heterocycles. The van der Waals surface area contributed by atoms with Crippen molar-refractivity contribution in [2.45, 2.75) is 31.5 Å². The van der Waals surface area contributed by atoms with E-state index in [1.165, 1.54) is 0 Å². The third-order valence-corrected chi connectivity index (χ3v) is 6.52. The van der Waals surface area contributed by atoms with Gasteiger partial charge in [0.1, 0.15) is 12.4 Å². The average molecular weight is 518 g/mol. The average Bonchev–Trinajstić information content (AvgIpc) is 2.90. The first-order valence-corrected chi connectivity index (χ1v) is 12.6. The minimum atomic E-state index is -1.16. The lowest BCUT2D eigenvalue weighted by Crippen LogP contribution is -2.29. The number of rotatable bonds is 11. The van der Waals surface area contributed by atoms with Crippen LogP contribution in [0.25, 0.3) is 23.1 Å². The number of benzene rings is 3. The van der Waals surface area contributed by atoms with Crippen molar-refractivity contribution in [3.8, 4) is 0 Å². The first-order valence-electron chi connectivity index (χ1n) is 12.3. The highest BCUT2D eigenvalue weighted by Crippen LogP contribution is 2.28. The van der Waals surface area contributed by atoms with Crippen molar-refractivity contribution in [2.24, 2.45) is 0 Å². The number of aliphatic hydroxyl groups is 2. The van der Waals surface area contributed by atoms with Gasteiger partial charge in [0, 0.05) is 17.5 Å². The van der Waals surface area contributed by atoms with Crippen LogP contribution in [0.3, 0.4) is 0 Å². The standard InChI is InChI=1S/C31H32ClNO4/c1-31(35,20-37-21-36-2)28-9-4-3-7-23(28)13-17-30(34)25-8-5-6-22(18-25)10-15-27-16-12-24-11-14-26(32)19-29(24)33-27/h3-12,14-16,18-19,30,34-35H,13,17,20-21H2,1-2H3/b15-10+/t30-,31?/m0/s1. The van der Waals surface area contributed by atoms with Crippen molar-refractivity contribution in [3.05, 3.63) is 112 Å². The fraction of sp³-hybridized carbons (Fsp3) is 0.258. The molecular weight excluding hydrogens is 486 g/mol. The Morgan fingerprint density at radius 2 is 1.81 bits per heavy atom. The van der Waals surface area contributed by atoms with Gasteiger partial charge in [-0.1, -0.05) is 72.3 Å². The number of hydrogen-bond donors (Lipinski definition) is 2. The van der Waals surface area contributed by atoms with Crippen molar-refractivity contribution >= 4 is 34.7 Å². The summed E-state index contributed by atoms with van der Waals surface area (Å²) in [7, 11) is 1.55. The Bertz CT molecular complexity index is 1370. The topological polar surface area (TPSA) is 71.8 Å². The number of pyridine rings is 1. The minimum Gasteiger partial charge on any atom is -0.388 e. The zero-order valence-electron chi connectivity index (χ0n) is 21.1. The summed E-state index contributed by atoms with van der Waals surface area (Å²) in [6.45, 7) is 1.97. The first-order chi connectivity index (χ1) is 17.9. The predicted octanol–water partition coefficient (Wildman–Crippen LogP) is 6.55. The van der Waals surface area contributed by atoms with Crippen LogP contribution in [0.4, 0.5) is 0 Å². The summed E-state index contributed by atoms with van der Waals surface area (Å²) < 4.78 is 10.3. The van der Waals surface area contributed by atoms with Crippen molar-refractivity contribution < 1.29 is 19.7 Å². The Hall–Kier alpha value is -3.06. The zero-order valence-corrected chi connectivity index (χ0v) is 21.9. The summed E-state index contributed by atoms with van der Waals surface area (Å²) in [4.78, 5) is 4.67. The Kier molecular flexibility index (Phi) is 9.09. The van der Waals surface area contributed by atoms with Crippen LogP contribution in [-0.4, -0.2) is 35.7 Å². The molecule has 5 nitrogen and oxygen atoms in total. The van der Waals surface area contributed by atoms with E-state index in [0.717, 1.165) is 38.9 Å². The minimum absolute atomic E-state index is 0.118. The van der Waals surface area contributed by atoms with E-state index in [1.54, 1.807) is 14.0 Å². The molecule has 2 N–H and O–H groups in total. The number of aromatic nitrogens is 1. The van der Waals surface area contributed by atoms with Crippen molar-refractivity contribution in [3.63, 3.8) is 0 Å². The van der Waals surface area contributed by atoms with Crippen molar-refractivity contribution in [1.82, 2.24) is 4.98 Å². The van der Waals surface area contributed by atoms with E-state index in [-0.39, 0.29) is 13.4 Å². The molecule has 192 valence electrons. The van der Waals surface area contributed by atoms with Gasteiger partial charge in [0.05, 0.1) is 23.9 Å². The van der Waals surface area contributed by atoms with Gasteiger partial charge in [-0.25, -0.2) is 4.98 Å². The summed E-state index contributed by atoms with van der Waals surface area (Å²) in [5, 5.41) is 23.6. The number of aryl methyl sites for hydroxylation is 1. The Labute approximate surface area is 223 Å². The fourth-order valence-electron chi connectivity index (χ4n) is 4.37. The summed E-state index contributed by atoms with van der Waals surface area (Å²) in [6.07, 6.45) is 4.43. The number of fused-ring (bicyclic) bond motifs is 1. The van der Waals surface area contributed by atoms with Crippen LogP contribution in [0.2, 0.25) is 5.02 Å². The highest BCUT2D eigenvalue weighted by molar-refractivity contribution is 6.31. The highest BCUT2D eigenvalue weighted by Gasteiger charge is 2.26. The van der Waals surface area contributed by atoms with Crippen molar-refractivity contribution in [2.75, 3.05) is 20.5 Å². The van der Waals surface area contributed by atoms with Gasteiger partial charge < -0.3 is 19.7 Å². The van der Waals surface area contributed by atoms with Gasteiger partial charge in [0.15, 0.2) is 0 Å². The molecule has 4 rings (SSSR count). The molecule has 0 saturated heterocycles. The van der Waals surface area contributed by atoms with Gasteiger partial charge in [0.2, 0.25) is 0 Å². The number of ether oxygens (including phenoxy) is 2. The first kappa shape index (κ1) is 27.0. The van der Waals surface area contributed by atoms with Gasteiger partial charge >= 0.3 is 0 Å². The molecule has 1 heterocycles. The van der Waals surface area contributed by atoms with E-state index in [2.05, 4.69) is 4.98 Å². The second kappa shape index (κ2) is 12.5. The van der Waals surface area contributed by atoms with Gasteiger partial charge in [0.25, 0.3) is 0 Å². The summed E-state index contributed by atoms with van der Waals surface area (Å²) in [5.41, 5.74) is 4.11. The second-order valence-electron chi connectivity index (χ2n) is 9.32. The van der Waals surface area contributed by atoms with Crippen LogP contribution in [0.15, 0.2) is 78.9 Å². The zero-order chi connectivity index (χ0) is 26.3. The van der Waals surface area contributed by atoms with Gasteiger partial charge in [-0.2, -0.15) is 0 Å². The van der Waals surface area contributed by atoms with Gasteiger partial charge in [-0.15, -0.1) is 0 Å². The van der Waals surface area contributed by atoms with Crippen LogP contribution in [0.5, 0.6) is 0 Å². The number of halogens is 1. The normalized spacial score (nSPS) is 14.2. The van der Waals surface area contributed by atoms with Crippen LogP contribution in [0.1, 0.15) is 47.4 Å². The Morgan fingerprint density at radius 3 is 2.65 bits per heavy atom. The third kappa shape index (κ3) is 7.25. The van der Waals surface area contributed by atoms with Gasteiger partial charge in [-0.3, -0.25) is 0 Å². The molecule has 4 aromatic rings. The van der Waals surface area contributed by atoms with E-state index >= 15 is 0 Å². The third-order valence-electron chi connectivity index (χ3n) is 6.29. The lowest BCUT2D eigenvalue weighted by molar-refractivity contribution is -0.0980. The molecule has 3 aromatic carbocycles. The Balaban J connectivity index is 1.43. The van der Waals surface area contributed by atoms with E-state index in [4.69, 9.17) is 21.1 Å². The molecule has 0 amide bonds. The molecule has 37 heavy (non-hydrogen) atoms. The quantitative estimate of drug-likeness (QED) is 0.174. The SMILES string of the molecule is COCOCC(C)(O)c1ccccc1CC[C@H](O)c1cccc(/C=C/c2ccc3ccc(Cl)cc3n2)c1. The largest absolute Gasteiger partial charge is 0.388 e. The summed E-state index contributed by atoms with van der Waals surface area (Å²) >= 11 is 6.11. The maximum atomic E-state index is 11.0. The van der Waals surface area contributed by atoms with E-state index < -0.39 is 11.7 Å². The molecular formula is C31H32ClNO4. The summed E-state index contributed by atoms with van der Waals surface area (Å²) in [6, 6.07) is 25.2. The molecule has 0 radical (unpaired) electrons. The molecule has 0 saturated carbocycles. The monoisotopic (exact) mass is 517 g/mol. The molecule has 0 bridgehead atoms. The molecule has 1 unspecified atom stereocenters. The van der Waals surface area contributed by atoms with Crippen LogP contribution < -0.4 is 0 Å². The molecule has 0 spiro atoms. The number of nitrogens with zero attached hydrogens (tertiary/aromatic N) is 1. The number of aliphatic hydroxyl groups excluding tert-OH is 1. The van der Waals surface area contributed by atoms with E-state index in [0.29, 0.717) is 17.9 Å². The molecule has 0 fully saturated rings. The number of hydrogen-bond acceptors (Lipinski definition) is 5. The Morgan fingerprint density at radius 1 is 1.00 bits per heavy atom. The van der Waals surface area contributed by atoms with E-state index in [1.807, 2.05) is 91.0 Å².